The van der Waals surface area contributed by atoms with Gasteiger partial charge in [0.25, 0.3) is 0 Å². The molecule has 104 valence electrons. The number of anilines is 1. The van der Waals surface area contributed by atoms with Crippen molar-refractivity contribution < 1.29 is 0 Å². The van der Waals surface area contributed by atoms with Gasteiger partial charge in [-0.3, -0.25) is 4.98 Å². The minimum absolute atomic E-state index is 0.823. The number of fused-ring (bicyclic) bond motifs is 1. The summed E-state index contributed by atoms with van der Waals surface area (Å²) in [6.45, 7) is 4.96. The Kier molecular flexibility index (Phi) is 3.70. The average molecular weight is 267 g/mol. The molecule has 0 fully saturated rings. The molecule has 0 amide bonds. The van der Waals surface area contributed by atoms with Crippen LogP contribution in [0.1, 0.15) is 22.4 Å². The van der Waals surface area contributed by atoms with Crippen LogP contribution in [0.4, 0.5) is 5.69 Å². The molecular weight excluding hydrogens is 246 g/mol. The number of aryl methyl sites for hydroxylation is 1. The van der Waals surface area contributed by atoms with Crippen molar-refractivity contribution in [1.29, 1.82) is 0 Å². The summed E-state index contributed by atoms with van der Waals surface area (Å²) in [5.74, 6) is 0. The van der Waals surface area contributed by atoms with Crippen LogP contribution < -0.4 is 10.2 Å². The molecular formula is C17H21N3. The largest absolute Gasteiger partial charge is 0.374 e. The van der Waals surface area contributed by atoms with Gasteiger partial charge in [0.15, 0.2) is 0 Å². The zero-order chi connectivity index (χ0) is 13.9. The van der Waals surface area contributed by atoms with Crippen LogP contribution in [-0.2, 0) is 19.5 Å². The molecule has 1 N–H and O–H groups in total. The fourth-order valence-corrected chi connectivity index (χ4v) is 2.76. The number of pyridine rings is 1. The van der Waals surface area contributed by atoms with Gasteiger partial charge in [0, 0.05) is 38.6 Å². The maximum Gasteiger partial charge on any atom is 0.0570 e. The molecule has 3 rings (SSSR count). The third kappa shape index (κ3) is 2.68. The molecule has 1 aliphatic heterocycles. The molecule has 0 saturated carbocycles. The monoisotopic (exact) mass is 267 g/mol. The van der Waals surface area contributed by atoms with Crippen molar-refractivity contribution in [2.45, 2.75) is 26.4 Å². The van der Waals surface area contributed by atoms with Crippen LogP contribution in [0.3, 0.4) is 0 Å². The van der Waals surface area contributed by atoms with Crippen molar-refractivity contribution in [3.8, 4) is 0 Å². The molecule has 0 unspecified atom stereocenters. The van der Waals surface area contributed by atoms with Crippen molar-refractivity contribution >= 4 is 5.69 Å². The van der Waals surface area contributed by atoms with Crippen LogP contribution in [0.15, 0.2) is 36.5 Å². The lowest BCUT2D eigenvalue weighted by Crippen LogP contribution is -2.15. The van der Waals surface area contributed by atoms with E-state index in [-0.39, 0.29) is 0 Å². The smallest absolute Gasteiger partial charge is 0.0570 e. The molecule has 0 spiro atoms. The van der Waals surface area contributed by atoms with Crippen molar-refractivity contribution in [2.24, 2.45) is 0 Å². The summed E-state index contributed by atoms with van der Waals surface area (Å²) >= 11 is 0. The highest BCUT2D eigenvalue weighted by atomic mass is 15.1. The Balaban J connectivity index is 1.61. The van der Waals surface area contributed by atoms with Gasteiger partial charge in [-0.15, -0.1) is 0 Å². The van der Waals surface area contributed by atoms with E-state index in [9.17, 15) is 0 Å². The lowest BCUT2D eigenvalue weighted by Gasteiger charge is -2.12. The fraction of sp³-hybridized carbons (Fsp3) is 0.353. The Bertz CT molecular complexity index is 607. The van der Waals surface area contributed by atoms with E-state index < -0.39 is 0 Å². The molecule has 1 aromatic carbocycles. The van der Waals surface area contributed by atoms with E-state index in [2.05, 4.69) is 53.4 Å². The van der Waals surface area contributed by atoms with Gasteiger partial charge in [-0.25, -0.2) is 0 Å². The van der Waals surface area contributed by atoms with Crippen LogP contribution in [-0.4, -0.2) is 18.6 Å². The lowest BCUT2D eigenvalue weighted by molar-refractivity contribution is 0.676. The molecule has 3 heteroatoms. The minimum Gasteiger partial charge on any atom is -0.374 e. The van der Waals surface area contributed by atoms with E-state index >= 15 is 0 Å². The average Bonchev–Trinajstić information content (AvgIpc) is 2.82. The fourth-order valence-electron chi connectivity index (χ4n) is 2.76. The quantitative estimate of drug-likeness (QED) is 0.923. The predicted molar refractivity (Wildman–Crippen MR) is 82.9 cm³/mol. The van der Waals surface area contributed by atoms with Gasteiger partial charge < -0.3 is 10.2 Å². The molecule has 2 heterocycles. The SMILES string of the molecule is Cc1cccnc1CNCc1ccc2c(c1)CCN2C. The normalized spacial score (nSPS) is 13.6. The number of aromatic nitrogens is 1. The molecule has 1 aromatic heterocycles. The van der Waals surface area contributed by atoms with Gasteiger partial charge in [-0.05, 0) is 42.2 Å². The van der Waals surface area contributed by atoms with Crippen molar-refractivity contribution in [1.82, 2.24) is 10.3 Å². The lowest BCUT2D eigenvalue weighted by atomic mass is 10.1. The second kappa shape index (κ2) is 5.63. The molecule has 1 aliphatic rings. The van der Waals surface area contributed by atoms with Crippen molar-refractivity contribution in [3.63, 3.8) is 0 Å². The van der Waals surface area contributed by atoms with Gasteiger partial charge in [-0.2, -0.15) is 0 Å². The second-order valence-corrected chi connectivity index (χ2v) is 5.51. The number of hydrogen-bond acceptors (Lipinski definition) is 3. The first-order valence-electron chi connectivity index (χ1n) is 7.18. The third-order valence-corrected chi connectivity index (χ3v) is 4.01. The molecule has 0 saturated heterocycles. The summed E-state index contributed by atoms with van der Waals surface area (Å²) in [4.78, 5) is 6.73. The van der Waals surface area contributed by atoms with Gasteiger partial charge in [-0.1, -0.05) is 18.2 Å². The Morgan fingerprint density at radius 2 is 2.15 bits per heavy atom. The van der Waals surface area contributed by atoms with Crippen LogP contribution in [0, 0.1) is 6.92 Å². The first-order chi connectivity index (χ1) is 9.74. The van der Waals surface area contributed by atoms with E-state index in [1.54, 1.807) is 0 Å². The molecule has 20 heavy (non-hydrogen) atoms. The highest BCUT2D eigenvalue weighted by Crippen LogP contribution is 2.27. The predicted octanol–water partition coefficient (Wildman–Crippen LogP) is 2.67. The van der Waals surface area contributed by atoms with E-state index in [4.69, 9.17) is 0 Å². The number of nitrogens with one attached hydrogen (secondary N) is 1. The zero-order valence-corrected chi connectivity index (χ0v) is 12.2. The molecule has 0 bridgehead atoms. The maximum absolute atomic E-state index is 4.41. The summed E-state index contributed by atoms with van der Waals surface area (Å²) in [6.07, 6.45) is 3.02. The Labute approximate surface area is 120 Å². The zero-order valence-electron chi connectivity index (χ0n) is 12.2. The van der Waals surface area contributed by atoms with E-state index in [1.807, 2.05) is 12.3 Å². The van der Waals surface area contributed by atoms with Crippen LogP contribution in [0.25, 0.3) is 0 Å². The summed E-state index contributed by atoms with van der Waals surface area (Å²) in [7, 11) is 2.16. The van der Waals surface area contributed by atoms with Gasteiger partial charge in [0.1, 0.15) is 0 Å². The highest BCUT2D eigenvalue weighted by Gasteiger charge is 2.15. The Morgan fingerprint density at radius 1 is 1.25 bits per heavy atom. The van der Waals surface area contributed by atoms with Crippen LogP contribution >= 0.6 is 0 Å². The highest BCUT2D eigenvalue weighted by molar-refractivity contribution is 5.58. The summed E-state index contributed by atoms with van der Waals surface area (Å²) in [5.41, 5.74) is 6.59. The number of hydrogen-bond donors (Lipinski definition) is 1. The molecule has 0 aliphatic carbocycles. The standard InChI is InChI=1S/C17H21N3/c1-13-4-3-8-19-16(13)12-18-11-14-5-6-17-15(10-14)7-9-20(17)2/h3-6,8,10,18H,7,9,11-12H2,1-2H3. The molecule has 2 aromatic rings. The number of benzene rings is 1. The summed E-state index contributed by atoms with van der Waals surface area (Å²) in [6, 6.07) is 10.9. The van der Waals surface area contributed by atoms with Crippen molar-refractivity contribution in [2.75, 3.05) is 18.5 Å². The minimum atomic E-state index is 0.823. The Morgan fingerprint density at radius 3 is 3.00 bits per heavy atom. The molecule has 0 radical (unpaired) electrons. The van der Waals surface area contributed by atoms with Crippen molar-refractivity contribution in [3.05, 3.63) is 58.9 Å². The van der Waals surface area contributed by atoms with Gasteiger partial charge in [0.05, 0.1) is 5.69 Å². The van der Waals surface area contributed by atoms with E-state index in [0.717, 1.165) is 25.3 Å². The first kappa shape index (κ1) is 13.1. The number of rotatable bonds is 4. The van der Waals surface area contributed by atoms with Gasteiger partial charge >= 0.3 is 0 Å². The number of likely N-dealkylation sites (N-methyl/N-ethyl adjacent to an activating group) is 1. The van der Waals surface area contributed by atoms with Gasteiger partial charge in [0.2, 0.25) is 0 Å². The van der Waals surface area contributed by atoms with E-state index in [1.165, 1.54) is 28.8 Å². The maximum atomic E-state index is 4.41. The van der Waals surface area contributed by atoms with Crippen LogP contribution in [0.2, 0.25) is 0 Å². The molecule has 3 nitrogen and oxygen atoms in total. The summed E-state index contributed by atoms with van der Waals surface area (Å²) < 4.78 is 0. The topological polar surface area (TPSA) is 28.2 Å². The van der Waals surface area contributed by atoms with E-state index in [0.29, 0.717) is 0 Å². The van der Waals surface area contributed by atoms with Crippen LogP contribution in [0.5, 0.6) is 0 Å². The summed E-state index contributed by atoms with van der Waals surface area (Å²) in [5, 5.41) is 3.49. The third-order valence-electron chi connectivity index (χ3n) is 4.01. The Hall–Kier alpha value is -1.87. The second-order valence-electron chi connectivity index (χ2n) is 5.51. The first-order valence-corrected chi connectivity index (χ1v) is 7.18. The number of nitrogens with zero attached hydrogens (tertiary/aromatic N) is 2. The molecule has 0 atom stereocenters.